The standard InChI is InChI=1S/C22H21ClN4O4/c1-13-10-15(12-24-26-22(30)25-19-6-4-5-7-20(19)31-3)14(2)27(13)16-8-9-18(23)17(11-16)21(28)29/h4-12H,1-3H3,(H,28,29)(H2,25,26,30)/b24-12+. The average molecular weight is 441 g/mol. The third-order valence-electron chi connectivity index (χ3n) is 4.63. The number of methoxy groups -OCH3 is 1. The van der Waals surface area contributed by atoms with Gasteiger partial charge in [-0.3, -0.25) is 0 Å². The molecule has 160 valence electrons. The van der Waals surface area contributed by atoms with Crippen molar-refractivity contribution in [2.45, 2.75) is 13.8 Å². The Morgan fingerprint density at radius 2 is 1.90 bits per heavy atom. The third kappa shape index (κ3) is 4.87. The van der Waals surface area contributed by atoms with Gasteiger partial charge in [0.25, 0.3) is 0 Å². The number of rotatable bonds is 6. The predicted molar refractivity (Wildman–Crippen MR) is 120 cm³/mol. The van der Waals surface area contributed by atoms with Crippen LogP contribution in [0.3, 0.4) is 0 Å². The van der Waals surface area contributed by atoms with Crippen molar-refractivity contribution in [2.24, 2.45) is 5.10 Å². The maximum atomic E-state index is 12.1. The van der Waals surface area contributed by atoms with Gasteiger partial charge in [-0.1, -0.05) is 23.7 Å². The van der Waals surface area contributed by atoms with Gasteiger partial charge in [-0.15, -0.1) is 0 Å². The van der Waals surface area contributed by atoms with E-state index in [2.05, 4.69) is 15.8 Å². The van der Waals surface area contributed by atoms with Gasteiger partial charge < -0.3 is 19.7 Å². The Morgan fingerprint density at radius 3 is 2.61 bits per heavy atom. The highest BCUT2D eigenvalue weighted by Crippen LogP contribution is 2.25. The van der Waals surface area contributed by atoms with Crippen molar-refractivity contribution in [2.75, 3.05) is 12.4 Å². The second-order valence-electron chi connectivity index (χ2n) is 6.66. The number of benzene rings is 2. The normalized spacial score (nSPS) is 10.8. The Morgan fingerprint density at radius 1 is 1.16 bits per heavy atom. The minimum atomic E-state index is -1.10. The quantitative estimate of drug-likeness (QED) is 0.384. The fourth-order valence-corrected chi connectivity index (χ4v) is 3.39. The van der Waals surface area contributed by atoms with Gasteiger partial charge in [-0.2, -0.15) is 5.10 Å². The molecular weight excluding hydrogens is 420 g/mol. The van der Waals surface area contributed by atoms with Crippen LogP contribution < -0.4 is 15.5 Å². The minimum absolute atomic E-state index is 0.0246. The number of halogens is 1. The summed E-state index contributed by atoms with van der Waals surface area (Å²) < 4.78 is 7.08. The van der Waals surface area contributed by atoms with Crippen molar-refractivity contribution in [3.63, 3.8) is 0 Å². The number of para-hydroxylation sites is 2. The van der Waals surface area contributed by atoms with Gasteiger partial charge in [0.1, 0.15) is 5.75 Å². The van der Waals surface area contributed by atoms with E-state index in [0.29, 0.717) is 17.1 Å². The number of anilines is 1. The number of amides is 2. The summed E-state index contributed by atoms with van der Waals surface area (Å²) in [6, 6.07) is 13.2. The van der Waals surface area contributed by atoms with Crippen molar-refractivity contribution >= 4 is 35.5 Å². The fraction of sp³-hybridized carbons (Fsp3) is 0.136. The molecule has 0 atom stereocenters. The molecule has 8 nitrogen and oxygen atoms in total. The number of carbonyl (C=O) groups excluding carboxylic acids is 1. The number of carboxylic acids is 1. The highest BCUT2D eigenvalue weighted by atomic mass is 35.5. The first kappa shape index (κ1) is 21.9. The zero-order valence-corrected chi connectivity index (χ0v) is 17.9. The van der Waals surface area contributed by atoms with Crippen molar-refractivity contribution in [1.82, 2.24) is 9.99 Å². The maximum Gasteiger partial charge on any atom is 0.339 e. The van der Waals surface area contributed by atoms with Crippen LogP contribution in [0, 0.1) is 13.8 Å². The van der Waals surface area contributed by atoms with Crippen molar-refractivity contribution in [3.05, 3.63) is 76.1 Å². The van der Waals surface area contributed by atoms with Crippen LogP contribution in [0.5, 0.6) is 5.75 Å². The van der Waals surface area contributed by atoms with E-state index in [-0.39, 0.29) is 10.6 Å². The van der Waals surface area contributed by atoms with E-state index in [4.69, 9.17) is 16.3 Å². The Kier molecular flexibility index (Phi) is 6.61. The van der Waals surface area contributed by atoms with Gasteiger partial charge in [-0.05, 0) is 50.2 Å². The zero-order valence-electron chi connectivity index (χ0n) is 17.1. The van der Waals surface area contributed by atoms with Crippen LogP contribution in [-0.2, 0) is 0 Å². The second-order valence-corrected chi connectivity index (χ2v) is 7.06. The lowest BCUT2D eigenvalue weighted by Crippen LogP contribution is -2.24. The molecule has 0 aliphatic rings. The molecule has 0 aliphatic carbocycles. The molecule has 9 heteroatoms. The number of hydrogen-bond donors (Lipinski definition) is 3. The predicted octanol–water partition coefficient (Wildman–Crippen LogP) is 4.61. The molecule has 0 bridgehead atoms. The van der Waals surface area contributed by atoms with E-state index >= 15 is 0 Å². The van der Waals surface area contributed by atoms with Crippen LogP contribution in [0.4, 0.5) is 10.5 Å². The van der Waals surface area contributed by atoms with Crippen LogP contribution in [0.1, 0.15) is 27.3 Å². The van der Waals surface area contributed by atoms with Gasteiger partial charge >= 0.3 is 12.0 Å². The summed E-state index contributed by atoms with van der Waals surface area (Å²) in [6.45, 7) is 3.76. The van der Waals surface area contributed by atoms with Crippen molar-refractivity contribution in [3.8, 4) is 11.4 Å². The van der Waals surface area contributed by atoms with E-state index < -0.39 is 12.0 Å². The highest BCUT2D eigenvalue weighted by molar-refractivity contribution is 6.33. The maximum absolute atomic E-state index is 12.1. The molecule has 0 fully saturated rings. The van der Waals surface area contributed by atoms with Gasteiger partial charge in [0.15, 0.2) is 0 Å². The van der Waals surface area contributed by atoms with Gasteiger partial charge in [-0.25, -0.2) is 15.0 Å². The lowest BCUT2D eigenvalue weighted by atomic mass is 10.2. The molecule has 0 saturated carbocycles. The molecule has 0 aliphatic heterocycles. The number of carbonyl (C=O) groups is 2. The van der Waals surface area contributed by atoms with E-state index in [1.54, 1.807) is 36.4 Å². The van der Waals surface area contributed by atoms with Crippen molar-refractivity contribution < 1.29 is 19.4 Å². The molecule has 3 rings (SSSR count). The monoisotopic (exact) mass is 440 g/mol. The summed E-state index contributed by atoms with van der Waals surface area (Å²) in [5, 5.41) is 16.2. The Balaban J connectivity index is 1.76. The number of aromatic carboxylic acids is 1. The van der Waals surface area contributed by atoms with Crippen LogP contribution in [0.2, 0.25) is 5.02 Å². The molecule has 2 amide bonds. The molecule has 0 unspecified atom stereocenters. The first-order valence-corrected chi connectivity index (χ1v) is 9.65. The van der Waals surface area contributed by atoms with E-state index in [9.17, 15) is 14.7 Å². The first-order valence-electron chi connectivity index (χ1n) is 9.27. The highest BCUT2D eigenvalue weighted by Gasteiger charge is 2.14. The second kappa shape index (κ2) is 9.36. The molecule has 0 radical (unpaired) electrons. The molecule has 1 heterocycles. The number of hydrazone groups is 1. The largest absolute Gasteiger partial charge is 0.495 e. The van der Waals surface area contributed by atoms with Crippen LogP contribution >= 0.6 is 11.6 Å². The topological polar surface area (TPSA) is 105 Å². The van der Waals surface area contributed by atoms with E-state index in [1.807, 2.05) is 24.5 Å². The molecule has 3 N–H and O–H groups in total. The third-order valence-corrected chi connectivity index (χ3v) is 4.96. The Hall–Kier alpha value is -3.78. The Labute approximate surface area is 184 Å². The van der Waals surface area contributed by atoms with Crippen LogP contribution in [0.15, 0.2) is 53.6 Å². The molecule has 2 aromatic carbocycles. The number of aryl methyl sites for hydroxylation is 1. The smallest absolute Gasteiger partial charge is 0.339 e. The lowest BCUT2D eigenvalue weighted by molar-refractivity contribution is 0.0697. The Bertz CT molecular complexity index is 1170. The molecule has 1 aromatic heterocycles. The zero-order chi connectivity index (χ0) is 22.5. The number of ether oxygens (including phenoxy) is 1. The van der Waals surface area contributed by atoms with Crippen molar-refractivity contribution in [1.29, 1.82) is 0 Å². The minimum Gasteiger partial charge on any atom is -0.495 e. The van der Waals surface area contributed by atoms with Crippen LogP contribution in [-0.4, -0.2) is 35.0 Å². The summed E-state index contributed by atoms with van der Waals surface area (Å²) in [5.41, 5.74) is 6.09. The molecular formula is C22H21ClN4O4. The number of urea groups is 1. The molecule has 31 heavy (non-hydrogen) atoms. The van der Waals surface area contributed by atoms with Gasteiger partial charge in [0.2, 0.25) is 0 Å². The van der Waals surface area contributed by atoms with Crippen LogP contribution in [0.25, 0.3) is 5.69 Å². The average Bonchev–Trinajstić information content (AvgIpc) is 3.02. The van der Waals surface area contributed by atoms with Gasteiger partial charge in [0, 0.05) is 22.6 Å². The molecule has 0 saturated heterocycles. The summed E-state index contributed by atoms with van der Waals surface area (Å²) in [4.78, 5) is 23.5. The first-order chi connectivity index (χ1) is 14.8. The summed E-state index contributed by atoms with van der Waals surface area (Å²) in [7, 11) is 1.52. The number of nitrogens with zero attached hydrogens (tertiary/aromatic N) is 2. The van der Waals surface area contributed by atoms with E-state index in [0.717, 1.165) is 17.0 Å². The number of nitrogens with one attached hydrogen (secondary N) is 2. The summed E-state index contributed by atoms with van der Waals surface area (Å²) in [6.07, 6.45) is 1.52. The number of aromatic nitrogens is 1. The fourth-order valence-electron chi connectivity index (χ4n) is 3.19. The summed E-state index contributed by atoms with van der Waals surface area (Å²) >= 11 is 5.97. The summed E-state index contributed by atoms with van der Waals surface area (Å²) in [5.74, 6) is -0.560. The number of carboxylic acid groups (broad SMARTS) is 1. The SMILES string of the molecule is COc1ccccc1NC(=O)N/N=C/c1cc(C)n(-c2ccc(Cl)c(C(=O)O)c2)c1C. The van der Waals surface area contributed by atoms with E-state index in [1.165, 1.54) is 19.4 Å². The number of hydrogen-bond acceptors (Lipinski definition) is 4. The van der Waals surface area contributed by atoms with Gasteiger partial charge in [0.05, 0.1) is 29.6 Å². The molecule has 3 aromatic rings. The molecule has 0 spiro atoms. The lowest BCUT2D eigenvalue weighted by Gasteiger charge is -2.11.